The Morgan fingerprint density at radius 2 is 2.24 bits per heavy atom. The number of hydrogen-bond donors (Lipinski definition) is 0. The molecule has 0 aromatic heterocycles. The van der Waals surface area contributed by atoms with Gasteiger partial charge in [0.1, 0.15) is 12.6 Å². The highest BCUT2D eigenvalue weighted by Gasteiger charge is 2.43. The summed E-state index contributed by atoms with van der Waals surface area (Å²) in [6, 6.07) is -0.179. The second-order valence-corrected chi connectivity index (χ2v) is 4.73. The highest BCUT2D eigenvalue weighted by molar-refractivity contribution is 5.95. The lowest BCUT2D eigenvalue weighted by Crippen LogP contribution is -2.60. The van der Waals surface area contributed by atoms with E-state index in [1.807, 2.05) is 6.92 Å². The van der Waals surface area contributed by atoms with Crippen molar-refractivity contribution in [3.63, 3.8) is 0 Å². The number of hydrogen-bond acceptors (Lipinski definition) is 3. The lowest BCUT2D eigenvalue weighted by molar-refractivity contribution is -0.156. The van der Waals surface area contributed by atoms with Crippen molar-refractivity contribution in [2.24, 2.45) is 0 Å². The number of ether oxygens (including phenoxy) is 1. The molecule has 17 heavy (non-hydrogen) atoms. The Kier molecular flexibility index (Phi) is 3.66. The molecule has 5 nitrogen and oxygen atoms in total. The normalized spacial score (nSPS) is 26.4. The van der Waals surface area contributed by atoms with Gasteiger partial charge in [0.15, 0.2) is 0 Å². The number of amides is 2. The molecule has 2 heterocycles. The summed E-state index contributed by atoms with van der Waals surface area (Å²) in [6.45, 7) is 3.48. The fraction of sp³-hybridized carbons (Fsp3) is 0.833. The molecule has 2 aliphatic heterocycles. The number of methoxy groups -OCH3 is 1. The van der Waals surface area contributed by atoms with Crippen LogP contribution in [0, 0.1) is 0 Å². The zero-order valence-corrected chi connectivity index (χ0v) is 10.5. The molecule has 0 radical (unpaired) electrons. The Morgan fingerprint density at radius 1 is 1.47 bits per heavy atom. The minimum absolute atomic E-state index is 0.0270. The van der Waals surface area contributed by atoms with Gasteiger partial charge in [-0.25, -0.2) is 0 Å². The number of fused-ring (bicyclic) bond motifs is 1. The molecule has 2 unspecified atom stereocenters. The standard InChI is InChI=1S/C12H20N2O3/c1-3-9(8-17-2)14-7-11(15)13-6-4-5-10(13)12(14)16/h9-10H,3-8H2,1-2H3. The van der Waals surface area contributed by atoms with E-state index in [2.05, 4.69) is 0 Å². The van der Waals surface area contributed by atoms with E-state index in [1.165, 1.54) is 0 Å². The van der Waals surface area contributed by atoms with E-state index >= 15 is 0 Å². The zero-order chi connectivity index (χ0) is 12.4. The van der Waals surface area contributed by atoms with Crippen molar-refractivity contribution in [2.75, 3.05) is 26.8 Å². The molecular formula is C12H20N2O3. The van der Waals surface area contributed by atoms with Crippen molar-refractivity contribution in [1.29, 1.82) is 0 Å². The van der Waals surface area contributed by atoms with Crippen LogP contribution in [0.5, 0.6) is 0 Å². The van der Waals surface area contributed by atoms with E-state index in [9.17, 15) is 9.59 Å². The molecule has 2 aliphatic rings. The van der Waals surface area contributed by atoms with Crippen molar-refractivity contribution in [1.82, 2.24) is 9.80 Å². The predicted octanol–water partition coefficient (Wildman–Crippen LogP) is 0.245. The first-order valence-corrected chi connectivity index (χ1v) is 6.28. The summed E-state index contributed by atoms with van der Waals surface area (Å²) in [5.74, 6) is 0.188. The minimum atomic E-state index is -0.206. The molecule has 2 amide bonds. The molecule has 0 spiro atoms. The summed E-state index contributed by atoms with van der Waals surface area (Å²) in [5, 5.41) is 0. The third-order valence-electron chi connectivity index (χ3n) is 3.72. The van der Waals surface area contributed by atoms with Gasteiger partial charge in [-0.05, 0) is 19.3 Å². The molecule has 2 fully saturated rings. The van der Waals surface area contributed by atoms with E-state index in [0.29, 0.717) is 6.61 Å². The van der Waals surface area contributed by atoms with Crippen LogP contribution in [0.1, 0.15) is 26.2 Å². The van der Waals surface area contributed by atoms with Crippen LogP contribution in [0.25, 0.3) is 0 Å². The molecule has 0 bridgehead atoms. The average molecular weight is 240 g/mol. The van der Waals surface area contributed by atoms with E-state index in [-0.39, 0.29) is 30.4 Å². The first kappa shape index (κ1) is 12.4. The molecule has 0 saturated carbocycles. The van der Waals surface area contributed by atoms with Crippen molar-refractivity contribution in [3.8, 4) is 0 Å². The second-order valence-electron chi connectivity index (χ2n) is 4.73. The van der Waals surface area contributed by atoms with Crippen molar-refractivity contribution in [2.45, 2.75) is 38.3 Å². The van der Waals surface area contributed by atoms with E-state index in [0.717, 1.165) is 25.8 Å². The molecule has 0 aromatic carbocycles. The highest BCUT2D eigenvalue weighted by Crippen LogP contribution is 2.25. The second kappa shape index (κ2) is 5.04. The first-order valence-electron chi connectivity index (χ1n) is 6.28. The molecule has 2 saturated heterocycles. The topological polar surface area (TPSA) is 49.9 Å². The Balaban J connectivity index is 2.13. The van der Waals surface area contributed by atoms with Crippen LogP contribution in [0.2, 0.25) is 0 Å². The Hall–Kier alpha value is -1.10. The van der Waals surface area contributed by atoms with Gasteiger partial charge in [0.25, 0.3) is 0 Å². The smallest absolute Gasteiger partial charge is 0.246 e. The molecule has 5 heteroatoms. The van der Waals surface area contributed by atoms with E-state index in [4.69, 9.17) is 4.74 Å². The van der Waals surface area contributed by atoms with Gasteiger partial charge in [-0.3, -0.25) is 9.59 Å². The maximum Gasteiger partial charge on any atom is 0.246 e. The molecule has 96 valence electrons. The van der Waals surface area contributed by atoms with Crippen molar-refractivity contribution >= 4 is 11.8 Å². The average Bonchev–Trinajstić information content (AvgIpc) is 2.81. The molecule has 2 rings (SSSR count). The third-order valence-corrected chi connectivity index (χ3v) is 3.72. The van der Waals surface area contributed by atoms with Crippen LogP contribution >= 0.6 is 0 Å². The lowest BCUT2D eigenvalue weighted by atomic mass is 10.1. The summed E-state index contributed by atoms with van der Waals surface area (Å²) in [4.78, 5) is 27.7. The predicted molar refractivity (Wildman–Crippen MR) is 62.4 cm³/mol. The van der Waals surface area contributed by atoms with E-state index < -0.39 is 0 Å². The van der Waals surface area contributed by atoms with E-state index in [1.54, 1.807) is 16.9 Å². The van der Waals surface area contributed by atoms with Gasteiger partial charge in [0.05, 0.1) is 12.6 Å². The third kappa shape index (κ3) is 2.16. The van der Waals surface area contributed by atoms with Gasteiger partial charge in [-0.1, -0.05) is 6.92 Å². The lowest BCUT2D eigenvalue weighted by Gasteiger charge is -2.40. The van der Waals surface area contributed by atoms with Gasteiger partial charge < -0.3 is 14.5 Å². The van der Waals surface area contributed by atoms with Crippen LogP contribution in [0.3, 0.4) is 0 Å². The summed E-state index contributed by atoms with van der Waals surface area (Å²) >= 11 is 0. The summed E-state index contributed by atoms with van der Waals surface area (Å²) in [5.41, 5.74) is 0. The van der Waals surface area contributed by atoms with Crippen molar-refractivity contribution < 1.29 is 14.3 Å². The highest BCUT2D eigenvalue weighted by atomic mass is 16.5. The Labute approximate surface area is 102 Å². The van der Waals surface area contributed by atoms with Crippen LogP contribution in [0.4, 0.5) is 0 Å². The largest absolute Gasteiger partial charge is 0.383 e. The number of carbonyl (C=O) groups is 2. The molecule has 2 atom stereocenters. The fourth-order valence-electron chi connectivity index (χ4n) is 2.76. The van der Waals surface area contributed by atoms with Gasteiger partial charge >= 0.3 is 0 Å². The Bertz CT molecular complexity index is 319. The van der Waals surface area contributed by atoms with Crippen molar-refractivity contribution in [3.05, 3.63) is 0 Å². The Morgan fingerprint density at radius 3 is 2.88 bits per heavy atom. The van der Waals surface area contributed by atoms with Gasteiger partial charge in [-0.15, -0.1) is 0 Å². The maximum absolute atomic E-state index is 12.3. The maximum atomic E-state index is 12.3. The molecular weight excluding hydrogens is 220 g/mol. The summed E-state index contributed by atoms with van der Waals surface area (Å²) in [6.07, 6.45) is 2.57. The number of rotatable bonds is 4. The zero-order valence-electron chi connectivity index (χ0n) is 10.5. The van der Waals surface area contributed by atoms with Crippen LogP contribution in [-0.2, 0) is 14.3 Å². The van der Waals surface area contributed by atoms with Gasteiger partial charge in [0, 0.05) is 13.7 Å². The summed E-state index contributed by atoms with van der Waals surface area (Å²) in [7, 11) is 1.63. The quantitative estimate of drug-likeness (QED) is 0.707. The number of nitrogens with zero attached hydrogens (tertiary/aromatic N) is 2. The van der Waals surface area contributed by atoms with Crippen LogP contribution in [-0.4, -0.2) is 60.5 Å². The number of carbonyl (C=O) groups excluding carboxylic acids is 2. The fourth-order valence-corrected chi connectivity index (χ4v) is 2.76. The first-order chi connectivity index (χ1) is 8.19. The minimum Gasteiger partial charge on any atom is -0.383 e. The summed E-state index contributed by atoms with van der Waals surface area (Å²) < 4.78 is 5.12. The molecule has 0 N–H and O–H groups in total. The SMILES string of the molecule is CCC(COC)N1CC(=O)N2CCCC2C1=O. The van der Waals surface area contributed by atoms with Gasteiger partial charge in [0.2, 0.25) is 11.8 Å². The number of piperazine rings is 1. The monoisotopic (exact) mass is 240 g/mol. The molecule has 0 aromatic rings. The molecule has 0 aliphatic carbocycles. The van der Waals surface area contributed by atoms with Gasteiger partial charge in [-0.2, -0.15) is 0 Å². The van der Waals surface area contributed by atoms with Crippen LogP contribution < -0.4 is 0 Å². The van der Waals surface area contributed by atoms with Crippen LogP contribution in [0.15, 0.2) is 0 Å².